The highest BCUT2D eigenvalue weighted by Gasteiger charge is 2.18. The number of halogens is 1. The molecule has 1 heterocycles. The Balaban J connectivity index is 1.92. The maximum absolute atomic E-state index is 12.2. The molecule has 1 aromatic carbocycles. The van der Waals surface area contributed by atoms with Gasteiger partial charge in [0.25, 0.3) is 5.91 Å². The van der Waals surface area contributed by atoms with E-state index in [4.69, 9.17) is 0 Å². The van der Waals surface area contributed by atoms with Gasteiger partial charge < -0.3 is 10.2 Å². The zero-order chi connectivity index (χ0) is 13.8. The fourth-order valence-electron chi connectivity index (χ4n) is 2.59. The van der Waals surface area contributed by atoms with Gasteiger partial charge in [0.2, 0.25) is 0 Å². The fraction of sp³-hybridized carbons (Fsp3) is 0.533. The van der Waals surface area contributed by atoms with Gasteiger partial charge in [-0.2, -0.15) is 0 Å². The summed E-state index contributed by atoms with van der Waals surface area (Å²) in [6.45, 7) is 5.02. The Hall–Kier alpha value is -0.870. The van der Waals surface area contributed by atoms with Crippen LogP contribution in [0.4, 0.5) is 0 Å². The van der Waals surface area contributed by atoms with Crippen LogP contribution in [0.25, 0.3) is 0 Å². The predicted octanol–water partition coefficient (Wildman–Crippen LogP) is 2.83. The van der Waals surface area contributed by atoms with E-state index in [9.17, 15) is 4.79 Å². The Morgan fingerprint density at radius 3 is 3.05 bits per heavy atom. The summed E-state index contributed by atoms with van der Waals surface area (Å²) < 4.78 is 0.897. The molecular formula is C15H21BrN2O. The molecule has 19 heavy (non-hydrogen) atoms. The topological polar surface area (TPSA) is 32.3 Å². The summed E-state index contributed by atoms with van der Waals surface area (Å²) in [4.78, 5) is 14.5. The van der Waals surface area contributed by atoms with Gasteiger partial charge in [-0.05, 0) is 66.8 Å². The Morgan fingerprint density at radius 2 is 2.32 bits per heavy atom. The second kappa shape index (κ2) is 6.53. The number of nitrogens with zero attached hydrogens (tertiary/aromatic N) is 1. The molecule has 3 nitrogen and oxygen atoms in total. The molecular weight excluding hydrogens is 304 g/mol. The summed E-state index contributed by atoms with van der Waals surface area (Å²) in [7, 11) is 2.14. The average Bonchev–Trinajstić information content (AvgIpc) is 2.39. The molecule has 4 heteroatoms. The van der Waals surface area contributed by atoms with Crippen LogP contribution in [0.2, 0.25) is 0 Å². The highest BCUT2D eigenvalue weighted by Crippen LogP contribution is 2.21. The molecule has 0 bridgehead atoms. The smallest absolute Gasteiger partial charge is 0.252 e. The zero-order valence-corrected chi connectivity index (χ0v) is 13.2. The average molecular weight is 325 g/mol. The first-order valence-electron chi connectivity index (χ1n) is 6.80. The summed E-state index contributed by atoms with van der Waals surface area (Å²) in [5, 5.41) is 3.06. The number of hydrogen-bond donors (Lipinski definition) is 1. The van der Waals surface area contributed by atoms with Crippen molar-refractivity contribution >= 4 is 21.8 Å². The van der Waals surface area contributed by atoms with Gasteiger partial charge in [-0.3, -0.25) is 4.79 Å². The third-order valence-corrected chi connectivity index (χ3v) is 4.76. The summed E-state index contributed by atoms with van der Waals surface area (Å²) in [6, 6.07) is 5.78. The standard InChI is InChI=1S/C15H21BrN2O/c1-11-5-3-7-13(14(11)16)15(19)17-9-12-6-4-8-18(2)10-12/h3,5,7,12H,4,6,8-10H2,1-2H3,(H,17,19). The Labute approximate surface area is 123 Å². The van der Waals surface area contributed by atoms with Crippen molar-refractivity contribution in [3.63, 3.8) is 0 Å². The van der Waals surface area contributed by atoms with Crippen LogP contribution in [0.15, 0.2) is 22.7 Å². The van der Waals surface area contributed by atoms with Gasteiger partial charge >= 0.3 is 0 Å². The molecule has 1 aliphatic rings. The number of carbonyl (C=O) groups excluding carboxylic acids is 1. The summed E-state index contributed by atoms with van der Waals surface area (Å²) in [6.07, 6.45) is 2.44. The summed E-state index contributed by atoms with van der Waals surface area (Å²) in [5.74, 6) is 0.593. The minimum absolute atomic E-state index is 0.0174. The van der Waals surface area contributed by atoms with E-state index >= 15 is 0 Å². The Kier molecular flexibility index (Phi) is 4.99. The number of carbonyl (C=O) groups is 1. The molecule has 0 aromatic heterocycles. The van der Waals surface area contributed by atoms with Crippen molar-refractivity contribution in [1.29, 1.82) is 0 Å². The summed E-state index contributed by atoms with van der Waals surface area (Å²) >= 11 is 3.49. The molecule has 0 saturated carbocycles. The van der Waals surface area contributed by atoms with Crippen molar-refractivity contribution in [3.8, 4) is 0 Å². The number of amides is 1. The largest absolute Gasteiger partial charge is 0.352 e. The number of rotatable bonds is 3. The number of benzene rings is 1. The molecule has 1 amide bonds. The van der Waals surface area contributed by atoms with E-state index in [0.29, 0.717) is 5.92 Å². The Bertz CT molecular complexity index is 461. The number of likely N-dealkylation sites (tertiary alicyclic amines) is 1. The number of hydrogen-bond acceptors (Lipinski definition) is 2. The maximum atomic E-state index is 12.2. The molecule has 0 aliphatic carbocycles. The maximum Gasteiger partial charge on any atom is 0.252 e. The second-order valence-electron chi connectivity index (χ2n) is 5.42. The van der Waals surface area contributed by atoms with Crippen LogP contribution in [-0.2, 0) is 0 Å². The summed E-state index contributed by atoms with van der Waals surface area (Å²) in [5.41, 5.74) is 1.81. The van der Waals surface area contributed by atoms with Crippen LogP contribution in [0.3, 0.4) is 0 Å². The van der Waals surface area contributed by atoms with E-state index in [-0.39, 0.29) is 5.91 Å². The molecule has 0 radical (unpaired) electrons. The quantitative estimate of drug-likeness (QED) is 0.927. The second-order valence-corrected chi connectivity index (χ2v) is 6.21. The molecule has 1 fully saturated rings. The van der Waals surface area contributed by atoms with Crippen molar-refractivity contribution in [3.05, 3.63) is 33.8 Å². The molecule has 1 saturated heterocycles. The number of piperidine rings is 1. The van der Waals surface area contributed by atoms with E-state index < -0.39 is 0 Å². The molecule has 1 aliphatic heterocycles. The van der Waals surface area contributed by atoms with Crippen LogP contribution in [0.5, 0.6) is 0 Å². The van der Waals surface area contributed by atoms with Crippen molar-refractivity contribution in [2.45, 2.75) is 19.8 Å². The first-order valence-corrected chi connectivity index (χ1v) is 7.59. The van der Waals surface area contributed by atoms with Gasteiger partial charge in [0.1, 0.15) is 0 Å². The van der Waals surface area contributed by atoms with Crippen molar-refractivity contribution in [2.75, 3.05) is 26.7 Å². The van der Waals surface area contributed by atoms with Gasteiger partial charge in [-0.1, -0.05) is 12.1 Å². The van der Waals surface area contributed by atoms with E-state index in [0.717, 1.165) is 28.7 Å². The minimum atomic E-state index is 0.0174. The predicted molar refractivity (Wildman–Crippen MR) is 81.4 cm³/mol. The number of aryl methyl sites for hydroxylation is 1. The monoisotopic (exact) mass is 324 g/mol. The van der Waals surface area contributed by atoms with Crippen LogP contribution < -0.4 is 5.32 Å². The SMILES string of the molecule is Cc1cccc(C(=O)NCC2CCCN(C)C2)c1Br. The molecule has 2 rings (SSSR count). The molecule has 0 spiro atoms. The first-order chi connectivity index (χ1) is 9.08. The van der Waals surface area contributed by atoms with Gasteiger partial charge in [0.15, 0.2) is 0 Å². The van der Waals surface area contributed by atoms with E-state index in [1.165, 1.54) is 19.4 Å². The lowest BCUT2D eigenvalue weighted by Gasteiger charge is -2.29. The first kappa shape index (κ1) is 14.5. The Morgan fingerprint density at radius 1 is 1.53 bits per heavy atom. The molecule has 104 valence electrons. The van der Waals surface area contributed by atoms with Gasteiger partial charge in [-0.15, -0.1) is 0 Å². The van der Waals surface area contributed by atoms with E-state index in [2.05, 4.69) is 33.2 Å². The van der Waals surface area contributed by atoms with Crippen LogP contribution >= 0.6 is 15.9 Å². The van der Waals surface area contributed by atoms with Crippen LogP contribution in [0.1, 0.15) is 28.8 Å². The molecule has 1 atom stereocenters. The molecule has 1 N–H and O–H groups in total. The minimum Gasteiger partial charge on any atom is -0.352 e. The fourth-order valence-corrected chi connectivity index (χ4v) is 3.04. The van der Waals surface area contributed by atoms with E-state index in [1.54, 1.807) is 0 Å². The highest BCUT2D eigenvalue weighted by atomic mass is 79.9. The third kappa shape index (κ3) is 3.80. The van der Waals surface area contributed by atoms with Crippen LogP contribution in [-0.4, -0.2) is 37.5 Å². The van der Waals surface area contributed by atoms with Gasteiger partial charge in [0, 0.05) is 17.6 Å². The lowest BCUT2D eigenvalue weighted by atomic mass is 9.98. The van der Waals surface area contributed by atoms with Crippen molar-refractivity contribution in [2.24, 2.45) is 5.92 Å². The normalized spacial score (nSPS) is 20.3. The lowest BCUT2D eigenvalue weighted by molar-refractivity contribution is 0.0936. The van der Waals surface area contributed by atoms with Crippen molar-refractivity contribution in [1.82, 2.24) is 10.2 Å². The third-order valence-electron chi connectivity index (χ3n) is 3.71. The van der Waals surface area contributed by atoms with Gasteiger partial charge in [-0.25, -0.2) is 0 Å². The molecule has 1 aromatic rings. The van der Waals surface area contributed by atoms with Gasteiger partial charge in [0.05, 0.1) is 5.56 Å². The van der Waals surface area contributed by atoms with Crippen molar-refractivity contribution < 1.29 is 4.79 Å². The highest BCUT2D eigenvalue weighted by molar-refractivity contribution is 9.10. The number of nitrogens with one attached hydrogen (secondary N) is 1. The zero-order valence-electron chi connectivity index (χ0n) is 11.6. The van der Waals surface area contributed by atoms with E-state index in [1.807, 2.05) is 25.1 Å². The van der Waals surface area contributed by atoms with Crippen LogP contribution in [0, 0.1) is 12.8 Å². The lowest BCUT2D eigenvalue weighted by Crippen LogP contribution is -2.39. The molecule has 1 unspecified atom stereocenters.